The molecule has 4 bridgehead atoms. The van der Waals surface area contributed by atoms with Crippen LogP contribution in [0.4, 0.5) is 0 Å². The molecule has 2 aromatic rings. The van der Waals surface area contributed by atoms with Gasteiger partial charge >= 0.3 is 5.97 Å². The zero-order valence-electron chi connectivity index (χ0n) is 17.8. The molecule has 0 unspecified atom stereocenters. The predicted molar refractivity (Wildman–Crippen MR) is 116 cm³/mol. The Hall–Kier alpha value is -3.34. The molecule has 8 nitrogen and oxygen atoms in total. The number of fused-ring (bicyclic) bond motifs is 1. The van der Waals surface area contributed by atoms with Crippen LogP contribution in [0.1, 0.15) is 44.3 Å². The van der Waals surface area contributed by atoms with E-state index in [0.29, 0.717) is 23.3 Å². The minimum atomic E-state index is -0.656. The number of aliphatic hydroxyl groups is 1. The molecule has 1 heterocycles. The first kappa shape index (κ1) is 20.6. The molecule has 0 aliphatic heterocycles. The van der Waals surface area contributed by atoms with E-state index >= 15 is 0 Å². The van der Waals surface area contributed by atoms with Gasteiger partial charge in [-0.05, 0) is 68.4 Å². The first-order chi connectivity index (χ1) is 15.5. The molecule has 4 aliphatic carbocycles. The van der Waals surface area contributed by atoms with Crippen LogP contribution in [0, 0.1) is 34.5 Å². The second-order valence-corrected chi connectivity index (χ2v) is 9.58. The molecule has 4 saturated carbocycles. The number of benzene rings is 1. The number of H-pyrrole nitrogens is 1. The number of rotatable bonds is 6. The van der Waals surface area contributed by atoms with E-state index in [-0.39, 0.29) is 29.3 Å². The van der Waals surface area contributed by atoms with Gasteiger partial charge in [0.2, 0.25) is 5.91 Å². The van der Waals surface area contributed by atoms with Crippen molar-refractivity contribution in [2.75, 3.05) is 13.2 Å². The number of esters is 1. The molecule has 4 fully saturated rings. The number of hydrogen-bond donors (Lipinski definition) is 3. The van der Waals surface area contributed by atoms with Crippen molar-refractivity contribution in [2.45, 2.75) is 38.5 Å². The molecule has 32 heavy (non-hydrogen) atoms. The lowest BCUT2D eigenvalue weighted by Gasteiger charge is -2.55. The number of ether oxygens (including phenoxy) is 1. The normalized spacial score (nSPS) is 28.8. The van der Waals surface area contributed by atoms with E-state index in [4.69, 9.17) is 4.74 Å². The first-order valence-electron chi connectivity index (χ1n) is 11.2. The van der Waals surface area contributed by atoms with Gasteiger partial charge in [-0.25, -0.2) is 4.98 Å². The number of nitrogens with one attached hydrogen (secondary N) is 2. The summed E-state index contributed by atoms with van der Waals surface area (Å²) in [5, 5.41) is 22.5. The summed E-state index contributed by atoms with van der Waals surface area (Å²) in [4.78, 5) is 32.4. The van der Waals surface area contributed by atoms with Gasteiger partial charge in [0, 0.05) is 5.41 Å². The van der Waals surface area contributed by atoms with Crippen molar-refractivity contribution >= 4 is 28.5 Å². The van der Waals surface area contributed by atoms with Gasteiger partial charge in [0.1, 0.15) is 24.8 Å². The summed E-state index contributed by atoms with van der Waals surface area (Å²) in [6.07, 6.45) is 6.50. The van der Waals surface area contributed by atoms with Gasteiger partial charge in [0.25, 0.3) is 0 Å². The second-order valence-electron chi connectivity index (χ2n) is 9.58. The third-order valence-electron chi connectivity index (χ3n) is 7.31. The summed E-state index contributed by atoms with van der Waals surface area (Å²) in [5.41, 5.74) is 0.971. The van der Waals surface area contributed by atoms with Crippen LogP contribution in [0.3, 0.4) is 0 Å². The molecular formula is C24H26N4O4. The maximum absolute atomic E-state index is 12.9. The van der Waals surface area contributed by atoms with Crippen molar-refractivity contribution in [3.8, 4) is 6.07 Å². The monoisotopic (exact) mass is 434 g/mol. The Bertz CT molecular complexity index is 1070. The molecule has 3 N–H and O–H groups in total. The van der Waals surface area contributed by atoms with Crippen LogP contribution in [0.25, 0.3) is 16.6 Å². The van der Waals surface area contributed by atoms with Crippen LogP contribution in [0.5, 0.6) is 0 Å². The summed E-state index contributed by atoms with van der Waals surface area (Å²) in [6.45, 7) is -0.716. The molecule has 0 atom stereocenters. The summed E-state index contributed by atoms with van der Waals surface area (Å²) in [5.74, 6) is 1.03. The Balaban J connectivity index is 1.17. The molecule has 0 radical (unpaired) electrons. The molecule has 0 spiro atoms. The minimum Gasteiger partial charge on any atom is -0.507 e. The van der Waals surface area contributed by atoms with Gasteiger partial charge in [-0.2, -0.15) is 5.26 Å². The van der Waals surface area contributed by atoms with E-state index in [1.807, 2.05) is 24.3 Å². The quantitative estimate of drug-likeness (QED) is 0.364. The molecule has 8 heteroatoms. The average Bonchev–Trinajstić information content (AvgIpc) is 3.19. The highest BCUT2D eigenvalue weighted by atomic mass is 16.5. The minimum absolute atomic E-state index is 0.0479. The van der Waals surface area contributed by atoms with E-state index in [0.717, 1.165) is 24.8 Å². The van der Waals surface area contributed by atoms with Gasteiger partial charge < -0.3 is 20.1 Å². The maximum Gasteiger partial charge on any atom is 0.325 e. The van der Waals surface area contributed by atoms with Crippen molar-refractivity contribution in [3.63, 3.8) is 0 Å². The number of carbonyl (C=O) groups excluding carboxylic acids is 2. The number of allylic oxidation sites excluding steroid dienone is 1. The lowest BCUT2D eigenvalue weighted by atomic mass is 9.49. The Morgan fingerprint density at radius 2 is 1.84 bits per heavy atom. The van der Waals surface area contributed by atoms with Crippen molar-refractivity contribution in [1.29, 1.82) is 5.26 Å². The van der Waals surface area contributed by atoms with Crippen LogP contribution < -0.4 is 5.32 Å². The number of amides is 1. The molecule has 1 amide bonds. The van der Waals surface area contributed by atoms with Gasteiger partial charge in [-0.1, -0.05) is 12.1 Å². The SMILES string of the molecule is N#CC(=C(O)COC(=O)CNC(=O)C12CC3CC(CC(C3)C1)C2)c1nc2ccccc2[nH]1. The van der Waals surface area contributed by atoms with E-state index in [1.165, 1.54) is 19.3 Å². The van der Waals surface area contributed by atoms with Gasteiger partial charge in [-0.15, -0.1) is 0 Å². The van der Waals surface area contributed by atoms with Crippen molar-refractivity contribution in [3.05, 3.63) is 35.8 Å². The third-order valence-corrected chi connectivity index (χ3v) is 7.31. The molecule has 1 aromatic heterocycles. The zero-order chi connectivity index (χ0) is 22.3. The van der Waals surface area contributed by atoms with Crippen molar-refractivity contribution in [2.24, 2.45) is 23.2 Å². The number of carbonyl (C=O) groups is 2. The predicted octanol–water partition coefficient (Wildman–Crippen LogP) is 3.23. The smallest absolute Gasteiger partial charge is 0.325 e. The van der Waals surface area contributed by atoms with Crippen LogP contribution >= 0.6 is 0 Å². The fourth-order valence-electron chi connectivity index (χ4n) is 6.33. The van der Waals surface area contributed by atoms with Crippen LogP contribution in [0.15, 0.2) is 30.0 Å². The van der Waals surface area contributed by atoms with E-state index in [2.05, 4.69) is 15.3 Å². The Kier molecular flexibility index (Phi) is 5.12. The lowest BCUT2D eigenvalue weighted by Crippen LogP contribution is -2.54. The van der Waals surface area contributed by atoms with Gasteiger partial charge in [-0.3, -0.25) is 9.59 Å². The fraction of sp³-hybridized carbons (Fsp3) is 0.500. The average molecular weight is 434 g/mol. The highest BCUT2D eigenvalue weighted by molar-refractivity contribution is 5.87. The third kappa shape index (κ3) is 3.72. The Morgan fingerprint density at radius 3 is 2.47 bits per heavy atom. The second kappa shape index (κ2) is 7.97. The summed E-state index contributed by atoms with van der Waals surface area (Å²) >= 11 is 0. The van der Waals surface area contributed by atoms with Crippen molar-refractivity contribution < 1.29 is 19.4 Å². The Morgan fingerprint density at radius 1 is 1.19 bits per heavy atom. The number of aromatic amines is 1. The maximum atomic E-state index is 12.9. The first-order valence-corrected chi connectivity index (χ1v) is 11.2. The van der Waals surface area contributed by atoms with Crippen LogP contribution in [0.2, 0.25) is 0 Å². The summed E-state index contributed by atoms with van der Waals surface area (Å²) in [6, 6.07) is 9.15. The highest BCUT2D eigenvalue weighted by Gasteiger charge is 2.54. The zero-order valence-corrected chi connectivity index (χ0v) is 17.8. The topological polar surface area (TPSA) is 128 Å². The molecule has 0 saturated heterocycles. The number of aliphatic hydroxyl groups excluding tert-OH is 1. The summed E-state index contributed by atoms with van der Waals surface area (Å²) in [7, 11) is 0. The standard InChI is InChI=1S/C24H26N4O4/c25-11-17(22-27-18-3-1-2-4-19(18)28-22)20(29)13-32-21(30)12-26-23(31)24-8-14-5-15(9-24)7-16(6-14)10-24/h1-4,14-16,29H,5-10,12-13H2,(H,26,31)(H,27,28). The molecular weight excluding hydrogens is 408 g/mol. The molecule has 1 aromatic carbocycles. The number of para-hydroxylation sites is 2. The largest absolute Gasteiger partial charge is 0.507 e. The van der Waals surface area contributed by atoms with Gasteiger partial charge in [0.15, 0.2) is 11.6 Å². The number of aromatic nitrogens is 2. The molecule has 6 rings (SSSR count). The number of imidazole rings is 1. The van der Waals surface area contributed by atoms with E-state index in [1.54, 1.807) is 6.07 Å². The number of nitriles is 1. The van der Waals surface area contributed by atoms with Crippen molar-refractivity contribution in [1.82, 2.24) is 15.3 Å². The molecule has 166 valence electrons. The Labute approximate surface area is 185 Å². The highest BCUT2D eigenvalue weighted by Crippen LogP contribution is 2.60. The summed E-state index contributed by atoms with van der Waals surface area (Å²) < 4.78 is 5.10. The van der Waals surface area contributed by atoms with Crippen LogP contribution in [-0.4, -0.2) is 40.1 Å². The van der Waals surface area contributed by atoms with E-state index < -0.39 is 18.3 Å². The van der Waals surface area contributed by atoms with E-state index in [9.17, 15) is 20.0 Å². The number of hydrogen-bond acceptors (Lipinski definition) is 6. The van der Waals surface area contributed by atoms with Gasteiger partial charge in [0.05, 0.1) is 11.0 Å². The lowest BCUT2D eigenvalue weighted by molar-refractivity contribution is -0.150. The van der Waals surface area contributed by atoms with Crippen LogP contribution in [-0.2, 0) is 14.3 Å². The number of nitrogens with zero attached hydrogens (tertiary/aromatic N) is 2. The molecule has 4 aliphatic rings. The fourth-order valence-corrected chi connectivity index (χ4v) is 6.33.